The van der Waals surface area contributed by atoms with E-state index in [1.165, 1.54) is 11.9 Å². The molecule has 0 bridgehead atoms. The van der Waals surface area contributed by atoms with Crippen molar-refractivity contribution in [2.45, 2.75) is 39.7 Å². The van der Waals surface area contributed by atoms with Gasteiger partial charge >= 0.3 is 5.97 Å². The van der Waals surface area contributed by atoms with Gasteiger partial charge in [0.1, 0.15) is 12.4 Å². The summed E-state index contributed by atoms with van der Waals surface area (Å²) in [5.41, 5.74) is 3.54. The first-order valence-corrected chi connectivity index (χ1v) is 8.17. The van der Waals surface area contributed by atoms with E-state index in [2.05, 4.69) is 41.4 Å². The summed E-state index contributed by atoms with van der Waals surface area (Å²) in [5, 5.41) is 7.43. The summed E-state index contributed by atoms with van der Waals surface area (Å²) in [6, 6.07) is 7.93. The molecule has 6 heteroatoms. The number of rotatable bonds is 4. The first-order chi connectivity index (χ1) is 11.5. The summed E-state index contributed by atoms with van der Waals surface area (Å²) < 4.78 is 6.98. The monoisotopic (exact) mass is 326 g/mol. The second-order valence-corrected chi connectivity index (χ2v) is 6.14. The van der Waals surface area contributed by atoms with Gasteiger partial charge < -0.3 is 10.1 Å². The van der Waals surface area contributed by atoms with Gasteiger partial charge in [-0.1, -0.05) is 38.1 Å². The fraction of sp³-hybridized carbons (Fsp3) is 0.389. The van der Waals surface area contributed by atoms with E-state index in [0.29, 0.717) is 24.0 Å². The van der Waals surface area contributed by atoms with Gasteiger partial charge in [0.2, 0.25) is 5.95 Å². The molecule has 1 aliphatic rings. The van der Waals surface area contributed by atoms with Crippen molar-refractivity contribution in [3.05, 3.63) is 53.0 Å². The van der Waals surface area contributed by atoms with Crippen LogP contribution in [0.5, 0.6) is 0 Å². The van der Waals surface area contributed by atoms with Gasteiger partial charge in [-0.3, -0.25) is 0 Å². The number of nitrogens with one attached hydrogen (secondary N) is 1. The molecule has 1 N–H and O–H groups in total. The van der Waals surface area contributed by atoms with Crippen LogP contribution in [0, 0.1) is 0 Å². The highest BCUT2D eigenvalue weighted by Gasteiger charge is 2.34. The third-order valence-electron chi connectivity index (χ3n) is 4.21. The number of aromatic nitrogens is 3. The summed E-state index contributed by atoms with van der Waals surface area (Å²) in [7, 11) is 0. The maximum Gasteiger partial charge on any atom is 0.338 e. The molecule has 1 aromatic carbocycles. The molecule has 1 aromatic heterocycles. The minimum absolute atomic E-state index is 0.332. The molecule has 2 aromatic rings. The van der Waals surface area contributed by atoms with E-state index in [4.69, 9.17) is 4.74 Å². The van der Waals surface area contributed by atoms with Crippen LogP contribution in [0.4, 0.5) is 5.95 Å². The first kappa shape index (κ1) is 16.2. The molecular weight excluding hydrogens is 304 g/mol. The highest BCUT2D eigenvalue weighted by molar-refractivity contribution is 5.92. The zero-order chi connectivity index (χ0) is 17.3. The van der Waals surface area contributed by atoms with E-state index >= 15 is 0 Å². The van der Waals surface area contributed by atoms with E-state index in [1.54, 1.807) is 11.6 Å². The van der Waals surface area contributed by atoms with Crippen molar-refractivity contribution in [1.82, 2.24) is 14.8 Å². The Hall–Kier alpha value is -2.63. The van der Waals surface area contributed by atoms with Crippen molar-refractivity contribution < 1.29 is 9.53 Å². The lowest BCUT2D eigenvalue weighted by Gasteiger charge is -2.28. The molecule has 6 nitrogen and oxygen atoms in total. The molecule has 3 rings (SSSR count). The number of carbonyl (C=O) groups is 1. The summed E-state index contributed by atoms with van der Waals surface area (Å²) >= 11 is 0. The highest BCUT2D eigenvalue weighted by Crippen LogP contribution is 2.35. The van der Waals surface area contributed by atoms with Crippen LogP contribution in [-0.2, 0) is 9.53 Å². The number of ether oxygens (including phenoxy) is 1. The number of hydrogen-bond donors (Lipinski definition) is 1. The number of carbonyl (C=O) groups excluding carboxylic acids is 1. The molecule has 0 fully saturated rings. The van der Waals surface area contributed by atoms with Crippen LogP contribution in [0.2, 0.25) is 0 Å². The van der Waals surface area contributed by atoms with Gasteiger partial charge in [0.05, 0.1) is 12.2 Å². The summed E-state index contributed by atoms with van der Waals surface area (Å²) in [4.78, 5) is 16.7. The number of esters is 1. The molecule has 0 saturated carbocycles. The number of anilines is 1. The predicted molar refractivity (Wildman–Crippen MR) is 91.6 cm³/mol. The van der Waals surface area contributed by atoms with Crippen LogP contribution in [0.3, 0.4) is 0 Å². The standard InChI is InChI=1S/C18H22N4O2/c1-5-24-17(23)15-12(4)21-18-19-10-20-22(18)16(15)14-8-6-13(7-9-14)11(2)3/h6-11,16H,5H2,1-4H3,(H,19,20,21)/t16-/m1/s1. The summed E-state index contributed by atoms with van der Waals surface area (Å²) in [5.74, 6) is 0.746. The Bertz CT molecular complexity index is 775. The molecule has 0 aliphatic carbocycles. The Kier molecular flexibility index (Phi) is 4.38. The van der Waals surface area contributed by atoms with Crippen molar-refractivity contribution in [3.63, 3.8) is 0 Å². The largest absolute Gasteiger partial charge is 0.463 e. The Labute approximate surface area is 141 Å². The maximum absolute atomic E-state index is 12.5. The minimum Gasteiger partial charge on any atom is -0.463 e. The van der Waals surface area contributed by atoms with Gasteiger partial charge in [0.25, 0.3) is 0 Å². The molecule has 0 unspecified atom stereocenters. The van der Waals surface area contributed by atoms with E-state index in [-0.39, 0.29) is 12.0 Å². The third kappa shape index (κ3) is 2.79. The van der Waals surface area contributed by atoms with Gasteiger partial charge in [-0.05, 0) is 30.9 Å². The zero-order valence-corrected chi connectivity index (χ0v) is 14.4. The number of benzene rings is 1. The van der Waals surface area contributed by atoms with E-state index < -0.39 is 0 Å². The van der Waals surface area contributed by atoms with Crippen LogP contribution in [-0.4, -0.2) is 27.3 Å². The van der Waals surface area contributed by atoms with Gasteiger partial charge in [-0.15, -0.1) is 0 Å². The van der Waals surface area contributed by atoms with E-state index in [0.717, 1.165) is 11.3 Å². The molecule has 24 heavy (non-hydrogen) atoms. The van der Waals surface area contributed by atoms with Gasteiger partial charge in [-0.2, -0.15) is 10.1 Å². The molecule has 2 heterocycles. The molecule has 1 atom stereocenters. The Morgan fingerprint density at radius 2 is 2.04 bits per heavy atom. The molecule has 0 saturated heterocycles. The maximum atomic E-state index is 12.5. The average molecular weight is 326 g/mol. The van der Waals surface area contributed by atoms with Crippen molar-refractivity contribution >= 4 is 11.9 Å². The van der Waals surface area contributed by atoms with Crippen LogP contribution in [0.15, 0.2) is 41.9 Å². The fourth-order valence-electron chi connectivity index (χ4n) is 2.94. The van der Waals surface area contributed by atoms with E-state index in [9.17, 15) is 4.79 Å². The number of nitrogens with zero attached hydrogens (tertiary/aromatic N) is 3. The van der Waals surface area contributed by atoms with Crippen LogP contribution < -0.4 is 5.32 Å². The quantitative estimate of drug-likeness (QED) is 0.874. The molecule has 0 amide bonds. The summed E-state index contributed by atoms with van der Waals surface area (Å²) in [6.45, 7) is 8.31. The number of fused-ring (bicyclic) bond motifs is 1. The number of allylic oxidation sites excluding steroid dienone is 1. The Morgan fingerprint density at radius 3 is 2.67 bits per heavy atom. The van der Waals surface area contributed by atoms with Crippen molar-refractivity contribution in [3.8, 4) is 0 Å². The molecule has 0 radical (unpaired) electrons. The lowest BCUT2D eigenvalue weighted by molar-refractivity contribution is -0.139. The zero-order valence-electron chi connectivity index (χ0n) is 14.4. The van der Waals surface area contributed by atoms with Crippen LogP contribution >= 0.6 is 0 Å². The second-order valence-electron chi connectivity index (χ2n) is 6.14. The molecule has 126 valence electrons. The normalized spacial score (nSPS) is 16.8. The highest BCUT2D eigenvalue weighted by atomic mass is 16.5. The fourth-order valence-corrected chi connectivity index (χ4v) is 2.94. The SMILES string of the molecule is CCOC(=O)C1=C(C)Nc2ncnn2[C@@H]1c1ccc(C(C)C)cc1. The van der Waals surface area contributed by atoms with Gasteiger partial charge in [0, 0.05) is 5.70 Å². The average Bonchev–Trinajstić information content (AvgIpc) is 3.01. The van der Waals surface area contributed by atoms with Crippen molar-refractivity contribution in [2.24, 2.45) is 0 Å². The number of hydrogen-bond acceptors (Lipinski definition) is 5. The predicted octanol–water partition coefficient (Wildman–Crippen LogP) is 3.25. The molecular formula is C18H22N4O2. The lowest BCUT2D eigenvalue weighted by atomic mass is 9.93. The Morgan fingerprint density at radius 1 is 1.33 bits per heavy atom. The first-order valence-electron chi connectivity index (χ1n) is 8.17. The topological polar surface area (TPSA) is 69.0 Å². The minimum atomic E-state index is -0.344. The van der Waals surface area contributed by atoms with Crippen molar-refractivity contribution in [2.75, 3.05) is 11.9 Å². The summed E-state index contributed by atoms with van der Waals surface area (Å²) in [6.07, 6.45) is 1.49. The molecule has 1 aliphatic heterocycles. The van der Waals surface area contributed by atoms with Gasteiger partial charge in [-0.25, -0.2) is 9.48 Å². The smallest absolute Gasteiger partial charge is 0.338 e. The van der Waals surface area contributed by atoms with Gasteiger partial charge in [0.15, 0.2) is 0 Å². The second kappa shape index (κ2) is 6.47. The lowest BCUT2D eigenvalue weighted by Crippen LogP contribution is -2.29. The third-order valence-corrected chi connectivity index (χ3v) is 4.21. The van der Waals surface area contributed by atoms with Crippen LogP contribution in [0.25, 0.3) is 0 Å². The van der Waals surface area contributed by atoms with Crippen molar-refractivity contribution in [1.29, 1.82) is 0 Å². The molecule has 0 spiro atoms. The Balaban J connectivity index is 2.08. The van der Waals surface area contributed by atoms with E-state index in [1.807, 2.05) is 19.1 Å². The van der Waals surface area contributed by atoms with Crippen LogP contribution in [0.1, 0.15) is 50.8 Å².